The van der Waals surface area contributed by atoms with Gasteiger partial charge in [0.2, 0.25) is 5.91 Å². The van der Waals surface area contributed by atoms with Crippen LogP contribution in [0, 0.1) is 0 Å². The number of carbonyl (C=O) groups is 2. The Morgan fingerprint density at radius 2 is 1.94 bits per heavy atom. The fourth-order valence-electron chi connectivity index (χ4n) is 1.86. The van der Waals surface area contributed by atoms with E-state index in [1.165, 1.54) is 11.0 Å². The molecule has 0 atom stereocenters. The highest BCUT2D eigenvalue weighted by Crippen LogP contribution is 2.11. The molecule has 0 N–H and O–H groups in total. The molecule has 0 spiro atoms. The van der Waals surface area contributed by atoms with Crippen LogP contribution in [0.25, 0.3) is 6.08 Å². The van der Waals surface area contributed by atoms with Gasteiger partial charge in [0.1, 0.15) is 0 Å². The average molecular weight is 229 g/mol. The minimum atomic E-state index is -0.210. The summed E-state index contributed by atoms with van der Waals surface area (Å²) >= 11 is 0. The lowest BCUT2D eigenvalue weighted by Crippen LogP contribution is -2.39. The SMILES string of the molecule is O=C(C=Cc1ccccc1)N1CCCCC1=O. The standard InChI is InChI=1S/C14H15NO2/c16-13-8-4-5-11-15(13)14(17)10-9-12-6-2-1-3-7-12/h1-3,6-7,9-10H,4-5,8,11H2. The van der Waals surface area contributed by atoms with Gasteiger partial charge < -0.3 is 0 Å². The highest BCUT2D eigenvalue weighted by molar-refractivity contribution is 6.03. The summed E-state index contributed by atoms with van der Waals surface area (Å²) in [6, 6.07) is 9.59. The molecule has 3 heteroatoms. The normalized spacial score (nSPS) is 16.5. The zero-order chi connectivity index (χ0) is 12.1. The number of amides is 2. The number of hydrogen-bond donors (Lipinski definition) is 0. The largest absolute Gasteiger partial charge is 0.279 e. The van der Waals surface area contributed by atoms with Crippen molar-refractivity contribution in [3.8, 4) is 0 Å². The monoisotopic (exact) mass is 229 g/mol. The fourth-order valence-corrected chi connectivity index (χ4v) is 1.86. The van der Waals surface area contributed by atoms with Crippen molar-refractivity contribution in [2.24, 2.45) is 0 Å². The van der Waals surface area contributed by atoms with Crippen molar-refractivity contribution in [3.63, 3.8) is 0 Å². The predicted octanol–water partition coefficient (Wildman–Crippen LogP) is 2.24. The van der Waals surface area contributed by atoms with Crippen LogP contribution < -0.4 is 0 Å². The molecule has 1 aromatic carbocycles. The third kappa shape index (κ3) is 3.03. The highest BCUT2D eigenvalue weighted by atomic mass is 16.2. The lowest BCUT2D eigenvalue weighted by atomic mass is 10.1. The summed E-state index contributed by atoms with van der Waals surface area (Å²) in [5.74, 6) is -0.266. The van der Waals surface area contributed by atoms with E-state index in [0.29, 0.717) is 13.0 Å². The zero-order valence-corrected chi connectivity index (χ0v) is 9.63. The first-order valence-corrected chi connectivity index (χ1v) is 5.85. The van der Waals surface area contributed by atoms with E-state index in [-0.39, 0.29) is 11.8 Å². The second kappa shape index (κ2) is 5.43. The minimum absolute atomic E-state index is 0.0565. The summed E-state index contributed by atoms with van der Waals surface area (Å²) in [6.45, 7) is 0.552. The number of imide groups is 1. The van der Waals surface area contributed by atoms with E-state index in [1.807, 2.05) is 30.3 Å². The van der Waals surface area contributed by atoms with Gasteiger partial charge >= 0.3 is 0 Å². The fraction of sp³-hybridized carbons (Fsp3) is 0.286. The highest BCUT2D eigenvalue weighted by Gasteiger charge is 2.22. The predicted molar refractivity (Wildman–Crippen MR) is 66.0 cm³/mol. The molecule has 1 heterocycles. The van der Waals surface area contributed by atoms with Crippen molar-refractivity contribution in [1.82, 2.24) is 4.90 Å². The summed E-state index contributed by atoms with van der Waals surface area (Å²) < 4.78 is 0. The maximum atomic E-state index is 11.8. The summed E-state index contributed by atoms with van der Waals surface area (Å²) in [6.07, 6.45) is 5.51. The molecule has 0 radical (unpaired) electrons. The summed E-state index contributed by atoms with van der Waals surface area (Å²) in [4.78, 5) is 24.7. The maximum Gasteiger partial charge on any atom is 0.253 e. The molecule has 2 rings (SSSR count). The molecule has 0 bridgehead atoms. The van der Waals surface area contributed by atoms with Gasteiger partial charge in [-0.15, -0.1) is 0 Å². The van der Waals surface area contributed by atoms with Gasteiger partial charge in [-0.1, -0.05) is 30.3 Å². The lowest BCUT2D eigenvalue weighted by molar-refractivity contribution is -0.143. The van der Waals surface area contributed by atoms with Gasteiger partial charge in [-0.25, -0.2) is 0 Å². The average Bonchev–Trinajstić information content (AvgIpc) is 2.38. The number of piperidine rings is 1. The van der Waals surface area contributed by atoms with Gasteiger partial charge in [0, 0.05) is 19.0 Å². The van der Waals surface area contributed by atoms with Crippen LogP contribution in [0.2, 0.25) is 0 Å². The van der Waals surface area contributed by atoms with Crippen molar-refractivity contribution >= 4 is 17.9 Å². The Kier molecular flexibility index (Phi) is 3.70. The summed E-state index contributed by atoms with van der Waals surface area (Å²) in [5, 5.41) is 0. The minimum Gasteiger partial charge on any atom is -0.279 e. The quantitative estimate of drug-likeness (QED) is 0.729. The Labute approximate surface area is 101 Å². The zero-order valence-electron chi connectivity index (χ0n) is 9.63. The van der Waals surface area contributed by atoms with Gasteiger partial charge in [0.05, 0.1) is 0 Å². The van der Waals surface area contributed by atoms with Gasteiger partial charge in [-0.3, -0.25) is 14.5 Å². The number of likely N-dealkylation sites (tertiary alicyclic amines) is 1. The van der Waals surface area contributed by atoms with Crippen molar-refractivity contribution in [2.45, 2.75) is 19.3 Å². The van der Waals surface area contributed by atoms with E-state index in [4.69, 9.17) is 0 Å². The topological polar surface area (TPSA) is 37.4 Å². The van der Waals surface area contributed by atoms with E-state index in [9.17, 15) is 9.59 Å². The molecule has 1 aliphatic rings. The van der Waals surface area contributed by atoms with E-state index >= 15 is 0 Å². The third-order valence-electron chi connectivity index (χ3n) is 2.81. The van der Waals surface area contributed by atoms with Crippen molar-refractivity contribution in [2.75, 3.05) is 6.54 Å². The first kappa shape index (κ1) is 11.6. The molecule has 1 aromatic rings. The molecule has 1 aliphatic heterocycles. The Balaban J connectivity index is 2.01. The molecule has 0 aliphatic carbocycles. The smallest absolute Gasteiger partial charge is 0.253 e. The van der Waals surface area contributed by atoms with Crippen LogP contribution in [-0.2, 0) is 9.59 Å². The van der Waals surface area contributed by atoms with Crippen molar-refractivity contribution in [1.29, 1.82) is 0 Å². The lowest BCUT2D eigenvalue weighted by Gasteiger charge is -2.23. The van der Waals surface area contributed by atoms with Gasteiger partial charge in [-0.2, -0.15) is 0 Å². The second-order valence-electron chi connectivity index (χ2n) is 4.08. The van der Waals surface area contributed by atoms with E-state index in [1.54, 1.807) is 6.08 Å². The maximum absolute atomic E-state index is 11.8. The summed E-state index contributed by atoms with van der Waals surface area (Å²) in [5.41, 5.74) is 0.963. The molecule has 2 amide bonds. The Bertz CT molecular complexity index is 437. The van der Waals surface area contributed by atoms with Crippen LogP contribution in [0.1, 0.15) is 24.8 Å². The molecule has 17 heavy (non-hydrogen) atoms. The summed E-state index contributed by atoms with van der Waals surface area (Å²) in [7, 11) is 0. The molecule has 88 valence electrons. The molecular formula is C14H15NO2. The first-order valence-electron chi connectivity index (χ1n) is 5.85. The van der Waals surface area contributed by atoms with Crippen LogP contribution in [0.5, 0.6) is 0 Å². The molecule has 1 saturated heterocycles. The van der Waals surface area contributed by atoms with E-state index in [0.717, 1.165) is 18.4 Å². The van der Waals surface area contributed by atoms with Gasteiger partial charge in [0.25, 0.3) is 5.91 Å². The Morgan fingerprint density at radius 1 is 1.18 bits per heavy atom. The number of rotatable bonds is 2. The molecule has 0 aromatic heterocycles. The van der Waals surface area contributed by atoms with Gasteiger partial charge in [0.15, 0.2) is 0 Å². The third-order valence-corrected chi connectivity index (χ3v) is 2.81. The van der Waals surface area contributed by atoms with E-state index < -0.39 is 0 Å². The van der Waals surface area contributed by atoms with Crippen molar-refractivity contribution < 1.29 is 9.59 Å². The first-order chi connectivity index (χ1) is 8.27. The Morgan fingerprint density at radius 3 is 2.65 bits per heavy atom. The number of carbonyl (C=O) groups excluding carboxylic acids is 2. The van der Waals surface area contributed by atoms with Crippen LogP contribution in [0.15, 0.2) is 36.4 Å². The number of nitrogens with zero attached hydrogens (tertiary/aromatic N) is 1. The van der Waals surface area contributed by atoms with E-state index in [2.05, 4.69) is 0 Å². The molecule has 1 fully saturated rings. The molecule has 0 saturated carbocycles. The van der Waals surface area contributed by atoms with Crippen LogP contribution in [0.3, 0.4) is 0 Å². The second-order valence-corrected chi connectivity index (χ2v) is 4.08. The van der Waals surface area contributed by atoms with Crippen LogP contribution >= 0.6 is 0 Å². The van der Waals surface area contributed by atoms with Gasteiger partial charge in [-0.05, 0) is 24.5 Å². The van der Waals surface area contributed by atoms with Crippen LogP contribution in [-0.4, -0.2) is 23.3 Å². The number of hydrogen-bond acceptors (Lipinski definition) is 2. The number of benzene rings is 1. The Hall–Kier alpha value is -1.90. The molecular weight excluding hydrogens is 214 g/mol. The molecule has 3 nitrogen and oxygen atoms in total. The van der Waals surface area contributed by atoms with Crippen LogP contribution in [0.4, 0.5) is 0 Å². The van der Waals surface area contributed by atoms with Crippen molar-refractivity contribution in [3.05, 3.63) is 42.0 Å². The molecule has 0 unspecified atom stereocenters.